The fraction of sp³-hybridized carbons (Fsp3) is 0.250. The fourth-order valence-corrected chi connectivity index (χ4v) is 2.95. The summed E-state index contributed by atoms with van der Waals surface area (Å²) in [4.78, 5) is 28.4. The SMILES string of the molecule is Cc1cc(C)c(NC(=O)C=NOCC(=O)NCCc2ccc(Cl)cc2)c(Cl)c1. The van der Waals surface area contributed by atoms with E-state index in [1.165, 1.54) is 0 Å². The monoisotopic (exact) mass is 421 g/mol. The number of rotatable bonds is 8. The second-order valence-electron chi connectivity index (χ2n) is 6.16. The van der Waals surface area contributed by atoms with E-state index in [2.05, 4.69) is 15.8 Å². The number of aryl methyl sites for hydroxylation is 2. The Morgan fingerprint density at radius 3 is 2.54 bits per heavy atom. The van der Waals surface area contributed by atoms with Crippen LogP contribution in [0, 0.1) is 13.8 Å². The van der Waals surface area contributed by atoms with Crippen molar-refractivity contribution >= 4 is 46.9 Å². The van der Waals surface area contributed by atoms with E-state index in [9.17, 15) is 9.59 Å². The number of oxime groups is 1. The summed E-state index contributed by atoms with van der Waals surface area (Å²) in [5.74, 6) is -0.832. The van der Waals surface area contributed by atoms with Crippen molar-refractivity contribution in [2.45, 2.75) is 20.3 Å². The standard InChI is InChI=1S/C20H21Cl2N3O3/c1-13-9-14(2)20(17(22)10-13)25-18(26)11-24-28-12-19(27)23-8-7-15-3-5-16(21)6-4-15/h3-6,9-11H,7-8,12H2,1-2H3,(H,23,27)(H,25,26). The van der Waals surface area contributed by atoms with Gasteiger partial charge in [0, 0.05) is 11.6 Å². The Balaban J connectivity index is 1.69. The molecule has 0 unspecified atom stereocenters. The van der Waals surface area contributed by atoms with Crippen LogP contribution in [0.1, 0.15) is 16.7 Å². The number of hydrogen-bond acceptors (Lipinski definition) is 4. The van der Waals surface area contributed by atoms with Gasteiger partial charge in [0.25, 0.3) is 11.8 Å². The van der Waals surface area contributed by atoms with E-state index in [1.807, 2.05) is 32.0 Å². The van der Waals surface area contributed by atoms with Crippen molar-refractivity contribution in [3.05, 3.63) is 63.1 Å². The molecule has 8 heteroatoms. The third-order valence-corrected chi connectivity index (χ3v) is 4.32. The van der Waals surface area contributed by atoms with Crippen LogP contribution in [0.4, 0.5) is 5.69 Å². The Morgan fingerprint density at radius 1 is 1.14 bits per heavy atom. The highest BCUT2D eigenvalue weighted by Gasteiger charge is 2.08. The molecule has 0 saturated heterocycles. The summed E-state index contributed by atoms with van der Waals surface area (Å²) in [5, 5.41) is 9.96. The summed E-state index contributed by atoms with van der Waals surface area (Å²) in [6.07, 6.45) is 1.63. The molecule has 0 aliphatic carbocycles. The van der Waals surface area contributed by atoms with Gasteiger partial charge in [-0.15, -0.1) is 0 Å². The second-order valence-corrected chi connectivity index (χ2v) is 7.01. The maximum Gasteiger partial charge on any atom is 0.270 e. The first-order valence-electron chi connectivity index (χ1n) is 8.59. The van der Waals surface area contributed by atoms with Crippen molar-refractivity contribution < 1.29 is 14.4 Å². The van der Waals surface area contributed by atoms with Crippen LogP contribution in [0.25, 0.3) is 0 Å². The number of carbonyl (C=O) groups excluding carboxylic acids is 2. The largest absolute Gasteiger partial charge is 0.386 e. The summed E-state index contributed by atoms with van der Waals surface area (Å²) in [7, 11) is 0. The molecule has 0 aliphatic heterocycles. The second kappa shape index (κ2) is 10.7. The minimum atomic E-state index is -0.503. The van der Waals surface area contributed by atoms with Crippen molar-refractivity contribution in [2.75, 3.05) is 18.5 Å². The molecule has 2 aromatic rings. The lowest BCUT2D eigenvalue weighted by Crippen LogP contribution is -2.29. The Bertz CT molecular complexity index is 844. The van der Waals surface area contributed by atoms with Crippen molar-refractivity contribution in [1.82, 2.24) is 5.32 Å². The van der Waals surface area contributed by atoms with Gasteiger partial charge in [-0.25, -0.2) is 0 Å². The molecular weight excluding hydrogens is 401 g/mol. The van der Waals surface area contributed by atoms with Gasteiger partial charge in [0.15, 0.2) is 6.61 Å². The molecule has 0 saturated carbocycles. The molecule has 28 heavy (non-hydrogen) atoms. The van der Waals surface area contributed by atoms with E-state index in [0.29, 0.717) is 28.7 Å². The van der Waals surface area contributed by atoms with Gasteiger partial charge in [-0.1, -0.05) is 46.6 Å². The van der Waals surface area contributed by atoms with E-state index in [0.717, 1.165) is 22.9 Å². The third kappa shape index (κ3) is 7.21. The summed E-state index contributed by atoms with van der Waals surface area (Å²) >= 11 is 12.0. The van der Waals surface area contributed by atoms with Gasteiger partial charge >= 0.3 is 0 Å². The first-order valence-corrected chi connectivity index (χ1v) is 9.35. The molecule has 0 radical (unpaired) electrons. The van der Waals surface area contributed by atoms with Crippen LogP contribution in [0.5, 0.6) is 0 Å². The number of nitrogens with zero attached hydrogens (tertiary/aromatic N) is 1. The smallest absolute Gasteiger partial charge is 0.270 e. The number of benzene rings is 2. The normalized spacial score (nSPS) is 10.7. The lowest BCUT2D eigenvalue weighted by molar-refractivity contribution is -0.125. The van der Waals surface area contributed by atoms with E-state index in [1.54, 1.807) is 18.2 Å². The molecule has 0 bridgehead atoms. The van der Waals surface area contributed by atoms with Crippen LogP contribution in [0.15, 0.2) is 41.6 Å². The predicted octanol–water partition coefficient (Wildman–Crippen LogP) is 3.91. The van der Waals surface area contributed by atoms with Crippen LogP contribution < -0.4 is 10.6 Å². The first kappa shape index (κ1) is 21.7. The van der Waals surface area contributed by atoms with Gasteiger partial charge in [0.05, 0.1) is 10.7 Å². The molecule has 2 N–H and O–H groups in total. The topological polar surface area (TPSA) is 79.8 Å². The molecule has 0 spiro atoms. The van der Waals surface area contributed by atoms with Crippen LogP contribution in [0.2, 0.25) is 10.0 Å². The summed E-state index contributed by atoms with van der Waals surface area (Å²) in [5.41, 5.74) is 3.42. The summed E-state index contributed by atoms with van der Waals surface area (Å²) < 4.78 is 0. The minimum Gasteiger partial charge on any atom is -0.386 e. The lowest BCUT2D eigenvalue weighted by atomic mass is 10.1. The van der Waals surface area contributed by atoms with Crippen molar-refractivity contribution in [2.24, 2.45) is 5.16 Å². The molecule has 0 aliphatic rings. The summed E-state index contributed by atoms with van der Waals surface area (Å²) in [6, 6.07) is 11.1. The lowest BCUT2D eigenvalue weighted by Gasteiger charge is -2.09. The zero-order chi connectivity index (χ0) is 20.5. The quantitative estimate of drug-likeness (QED) is 0.500. The summed E-state index contributed by atoms with van der Waals surface area (Å²) in [6.45, 7) is 3.94. The Morgan fingerprint density at radius 2 is 1.86 bits per heavy atom. The number of nitrogens with one attached hydrogen (secondary N) is 2. The van der Waals surface area contributed by atoms with Gasteiger partial charge in [-0.3, -0.25) is 9.59 Å². The molecule has 0 heterocycles. The molecule has 0 atom stereocenters. The van der Waals surface area contributed by atoms with Crippen LogP contribution >= 0.6 is 23.2 Å². The molecule has 2 aromatic carbocycles. The van der Waals surface area contributed by atoms with Crippen molar-refractivity contribution in [3.63, 3.8) is 0 Å². The molecule has 2 amide bonds. The maximum absolute atomic E-state index is 11.9. The minimum absolute atomic E-state index is 0.283. The molecule has 0 aromatic heterocycles. The molecule has 0 fully saturated rings. The average molecular weight is 422 g/mol. The van der Waals surface area contributed by atoms with E-state index in [-0.39, 0.29) is 12.5 Å². The average Bonchev–Trinajstić information content (AvgIpc) is 2.63. The van der Waals surface area contributed by atoms with Crippen LogP contribution in [-0.4, -0.2) is 31.2 Å². The van der Waals surface area contributed by atoms with E-state index < -0.39 is 5.91 Å². The maximum atomic E-state index is 11.9. The van der Waals surface area contributed by atoms with Gasteiger partial charge in [0.1, 0.15) is 6.21 Å². The third-order valence-electron chi connectivity index (χ3n) is 3.77. The van der Waals surface area contributed by atoms with Crippen molar-refractivity contribution in [3.8, 4) is 0 Å². The number of hydrogen-bond donors (Lipinski definition) is 2. The Kier molecular flexibility index (Phi) is 8.29. The van der Waals surface area contributed by atoms with E-state index in [4.69, 9.17) is 28.0 Å². The number of halogens is 2. The zero-order valence-corrected chi connectivity index (χ0v) is 17.1. The zero-order valence-electron chi connectivity index (χ0n) is 15.6. The van der Waals surface area contributed by atoms with Gasteiger partial charge in [-0.2, -0.15) is 0 Å². The van der Waals surface area contributed by atoms with E-state index >= 15 is 0 Å². The van der Waals surface area contributed by atoms with Crippen molar-refractivity contribution in [1.29, 1.82) is 0 Å². The highest BCUT2D eigenvalue weighted by atomic mass is 35.5. The fourth-order valence-electron chi connectivity index (χ4n) is 2.46. The van der Waals surface area contributed by atoms with Gasteiger partial charge in [-0.05, 0) is 55.2 Å². The van der Waals surface area contributed by atoms with Gasteiger partial charge < -0.3 is 15.5 Å². The highest BCUT2D eigenvalue weighted by molar-refractivity contribution is 6.37. The number of carbonyl (C=O) groups is 2. The predicted molar refractivity (Wildman–Crippen MR) is 112 cm³/mol. The molecule has 2 rings (SSSR count). The molecule has 6 nitrogen and oxygen atoms in total. The molecule has 148 valence electrons. The molecular formula is C20H21Cl2N3O3. The Labute approximate surface area is 173 Å². The highest BCUT2D eigenvalue weighted by Crippen LogP contribution is 2.27. The van der Waals surface area contributed by atoms with Crippen LogP contribution in [-0.2, 0) is 20.8 Å². The number of amides is 2. The number of anilines is 1. The van der Waals surface area contributed by atoms with Gasteiger partial charge in [0.2, 0.25) is 0 Å². The first-order chi connectivity index (χ1) is 13.3. The van der Waals surface area contributed by atoms with Crippen LogP contribution in [0.3, 0.4) is 0 Å². The Hall–Kier alpha value is -2.57.